The number of aliphatic hydroxyl groups excluding tert-OH is 1. The maximum absolute atomic E-state index is 12.6. The molecule has 0 aliphatic carbocycles. The van der Waals surface area contributed by atoms with Crippen LogP contribution in [0.15, 0.2) is 30.9 Å². The van der Waals surface area contributed by atoms with E-state index in [9.17, 15) is 19.5 Å². The molecule has 32 heavy (non-hydrogen) atoms. The zero-order chi connectivity index (χ0) is 23.1. The maximum atomic E-state index is 12.6. The minimum absolute atomic E-state index is 0.123. The van der Waals surface area contributed by atoms with Crippen LogP contribution >= 0.6 is 0 Å². The highest BCUT2D eigenvalue weighted by atomic mass is 16.5. The van der Waals surface area contributed by atoms with E-state index in [0.717, 1.165) is 10.5 Å². The number of hydrogen-bond donors (Lipinski definition) is 2. The second-order valence-electron chi connectivity index (χ2n) is 7.59. The van der Waals surface area contributed by atoms with Gasteiger partial charge < -0.3 is 29.5 Å². The van der Waals surface area contributed by atoms with Crippen LogP contribution in [0.5, 0.6) is 11.5 Å². The summed E-state index contributed by atoms with van der Waals surface area (Å²) in [4.78, 5) is 39.7. The van der Waals surface area contributed by atoms with Crippen molar-refractivity contribution in [1.82, 2.24) is 15.1 Å². The summed E-state index contributed by atoms with van der Waals surface area (Å²) in [5.41, 5.74) is 1.00. The topological polar surface area (TPSA) is 118 Å². The Hall–Kier alpha value is -3.11. The standard InChI is InChI=1S/C22H29N3O7/c1-3-4-15-5-6-18(19(11-15)30-2)32-14-16(26)13-25-21(28)17(23-22(25)29)12-20(27)24-7-9-31-10-8-24/h3,5-6,11,16-17,26H,1,4,7-10,12-14H2,2H3,(H,23,29)/t16-,17-/m1/s1. The molecule has 0 spiro atoms. The second kappa shape index (κ2) is 11.0. The number of allylic oxidation sites excluding steroid dienone is 1. The molecule has 0 bridgehead atoms. The van der Waals surface area contributed by atoms with Crippen molar-refractivity contribution in [2.45, 2.75) is 25.0 Å². The van der Waals surface area contributed by atoms with Crippen LogP contribution in [-0.4, -0.2) is 91.5 Å². The van der Waals surface area contributed by atoms with Gasteiger partial charge in [0.2, 0.25) is 5.91 Å². The Bertz CT molecular complexity index is 854. The van der Waals surface area contributed by atoms with Crippen LogP contribution in [0.1, 0.15) is 12.0 Å². The van der Waals surface area contributed by atoms with Crippen LogP contribution < -0.4 is 14.8 Å². The van der Waals surface area contributed by atoms with E-state index < -0.39 is 24.1 Å². The summed E-state index contributed by atoms with van der Waals surface area (Å²) in [7, 11) is 1.52. The molecule has 2 aliphatic heterocycles. The Labute approximate surface area is 186 Å². The van der Waals surface area contributed by atoms with Crippen molar-refractivity contribution >= 4 is 17.8 Å². The van der Waals surface area contributed by atoms with Gasteiger partial charge in [-0.15, -0.1) is 6.58 Å². The Balaban J connectivity index is 1.52. The molecule has 2 fully saturated rings. The predicted octanol–water partition coefficient (Wildman–Crippen LogP) is 0.333. The molecule has 0 aromatic heterocycles. The molecule has 10 nitrogen and oxygen atoms in total. The molecule has 0 radical (unpaired) electrons. The van der Waals surface area contributed by atoms with Gasteiger partial charge in [0.05, 0.1) is 33.3 Å². The van der Waals surface area contributed by atoms with E-state index in [1.165, 1.54) is 7.11 Å². The Morgan fingerprint density at radius 2 is 2.09 bits per heavy atom. The van der Waals surface area contributed by atoms with Crippen LogP contribution in [0, 0.1) is 0 Å². The molecule has 4 amide bonds. The number of hydrogen-bond acceptors (Lipinski definition) is 7. The lowest BCUT2D eigenvalue weighted by Crippen LogP contribution is -2.44. The number of nitrogens with zero attached hydrogens (tertiary/aromatic N) is 2. The SMILES string of the molecule is C=CCc1ccc(OC[C@H](O)CN2C(=O)N[C@H](CC(=O)N3CCOCC3)C2=O)c(OC)c1. The van der Waals surface area contributed by atoms with E-state index >= 15 is 0 Å². The van der Waals surface area contributed by atoms with Crippen molar-refractivity contribution in [3.8, 4) is 11.5 Å². The van der Waals surface area contributed by atoms with Crippen molar-refractivity contribution in [3.63, 3.8) is 0 Å². The lowest BCUT2D eigenvalue weighted by molar-refractivity contribution is -0.138. The van der Waals surface area contributed by atoms with Gasteiger partial charge >= 0.3 is 6.03 Å². The summed E-state index contributed by atoms with van der Waals surface area (Å²) in [6.45, 7) is 5.15. The Kier molecular flexibility index (Phi) is 8.07. The van der Waals surface area contributed by atoms with Crippen molar-refractivity contribution in [2.24, 2.45) is 0 Å². The molecule has 0 unspecified atom stereocenters. The molecule has 1 aromatic carbocycles. The van der Waals surface area contributed by atoms with Crippen molar-refractivity contribution in [2.75, 3.05) is 46.6 Å². The van der Waals surface area contributed by atoms with Crippen molar-refractivity contribution in [1.29, 1.82) is 0 Å². The second-order valence-corrected chi connectivity index (χ2v) is 7.59. The van der Waals surface area contributed by atoms with Crippen LogP contribution in [-0.2, 0) is 20.7 Å². The van der Waals surface area contributed by atoms with Gasteiger partial charge in [-0.25, -0.2) is 4.79 Å². The third-order valence-corrected chi connectivity index (χ3v) is 5.28. The zero-order valence-electron chi connectivity index (χ0n) is 18.1. The summed E-state index contributed by atoms with van der Waals surface area (Å²) in [6, 6.07) is 3.82. The van der Waals surface area contributed by atoms with Crippen LogP contribution in [0.4, 0.5) is 4.79 Å². The molecule has 2 aliphatic rings. The molecule has 2 N–H and O–H groups in total. The molecule has 1 aromatic rings. The average Bonchev–Trinajstić information content (AvgIpc) is 3.06. The van der Waals surface area contributed by atoms with Crippen molar-refractivity contribution < 1.29 is 33.7 Å². The quantitative estimate of drug-likeness (QED) is 0.392. The van der Waals surface area contributed by atoms with E-state index in [4.69, 9.17) is 14.2 Å². The number of carbonyl (C=O) groups is 3. The van der Waals surface area contributed by atoms with E-state index in [0.29, 0.717) is 44.2 Å². The number of urea groups is 1. The predicted molar refractivity (Wildman–Crippen MR) is 114 cm³/mol. The first kappa shape index (κ1) is 23.6. The molecule has 2 atom stereocenters. The number of carbonyl (C=O) groups excluding carboxylic acids is 3. The number of morpholine rings is 1. The summed E-state index contributed by atoms with van der Waals surface area (Å²) in [5, 5.41) is 12.9. The third kappa shape index (κ3) is 5.77. The summed E-state index contributed by atoms with van der Waals surface area (Å²) < 4.78 is 16.2. The first-order valence-corrected chi connectivity index (χ1v) is 10.5. The highest BCUT2D eigenvalue weighted by molar-refractivity contribution is 6.05. The summed E-state index contributed by atoms with van der Waals surface area (Å²) >= 11 is 0. The van der Waals surface area contributed by atoms with Crippen LogP contribution in [0.3, 0.4) is 0 Å². The van der Waals surface area contributed by atoms with Gasteiger partial charge in [-0.3, -0.25) is 14.5 Å². The molecule has 2 heterocycles. The molecular formula is C22H29N3O7. The van der Waals surface area contributed by atoms with E-state index in [-0.39, 0.29) is 25.5 Å². The van der Waals surface area contributed by atoms with Crippen LogP contribution in [0.2, 0.25) is 0 Å². The largest absolute Gasteiger partial charge is 0.493 e. The normalized spacial score (nSPS) is 19.5. The van der Waals surface area contributed by atoms with E-state index in [1.807, 2.05) is 12.1 Å². The lowest BCUT2D eigenvalue weighted by Gasteiger charge is -2.27. The number of ether oxygens (including phenoxy) is 3. The van der Waals surface area contributed by atoms with Gasteiger partial charge in [-0.1, -0.05) is 12.1 Å². The number of methoxy groups -OCH3 is 1. The molecular weight excluding hydrogens is 418 g/mol. The van der Waals surface area contributed by atoms with E-state index in [1.54, 1.807) is 17.0 Å². The van der Waals surface area contributed by atoms with E-state index in [2.05, 4.69) is 11.9 Å². The fourth-order valence-electron chi connectivity index (χ4n) is 3.58. The minimum atomic E-state index is -1.11. The third-order valence-electron chi connectivity index (χ3n) is 5.28. The monoisotopic (exact) mass is 447 g/mol. The smallest absolute Gasteiger partial charge is 0.324 e. The van der Waals surface area contributed by atoms with Gasteiger partial charge in [-0.2, -0.15) is 0 Å². The van der Waals surface area contributed by atoms with Gasteiger partial charge in [-0.05, 0) is 24.1 Å². The maximum Gasteiger partial charge on any atom is 0.324 e. The Morgan fingerprint density at radius 1 is 1.34 bits per heavy atom. The fraction of sp³-hybridized carbons (Fsp3) is 0.500. The minimum Gasteiger partial charge on any atom is -0.493 e. The van der Waals surface area contributed by atoms with Gasteiger partial charge in [0.15, 0.2) is 11.5 Å². The number of benzene rings is 1. The number of amides is 4. The molecule has 3 rings (SSSR count). The van der Waals surface area contributed by atoms with Gasteiger partial charge in [0, 0.05) is 13.1 Å². The molecule has 174 valence electrons. The number of β-amino-alcohol motifs (C(OH)–C–C–N with tert-alkyl or cyclic N) is 1. The first-order chi connectivity index (χ1) is 15.4. The highest BCUT2D eigenvalue weighted by Crippen LogP contribution is 2.28. The summed E-state index contributed by atoms with van der Waals surface area (Å²) in [6.07, 6.45) is 1.22. The zero-order valence-corrected chi connectivity index (χ0v) is 18.1. The fourth-order valence-corrected chi connectivity index (χ4v) is 3.58. The highest BCUT2D eigenvalue weighted by Gasteiger charge is 2.40. The molecule has 10 heteroatoms. The average molecular weight is 447 g/mol. The number of rotatable bonds is 10. The summed E-state index contributed by atoms with van der Waals surface area (Å²) in [5.74, 6) is 0.186. The number of nitrogens with one attached hydrogen (secondary N) is 1. The first-order valence-electron chi connectivity index (χ1n) is 10.5. The number of aliphatic hydroxyl groups is 1. The van der Waals surface area contributed by atoms with Crippen LogP contribution in [0.25, 0.3) is 0 Å². The molecule has 2 saturated heterocycles. The van der Waals surface area contributed by atoms with Gasteiger partial charge in [0.25, 0.3) is 5.91 Å². The lowest BCUT2D eigenvalue weighted by atomic mass is 10.1. The van der Waals surface area contributed by atoms with Crippen molar-refractivity contribution in [3.05, 3.63) is 36.4 Å². The molecule has 0 saturated carbocycles. The Morgan fingerprint density at radius 3 is 2.78 bits per heavy atom. The van der Waals surface area contributed by atoms with Gasteiger partial charge in [0.1, 0.15) is 18.8 Å². The number of imide groups is 1.